The number of nitrogens with one attached hydrogen (secondary N) is 1. The standard InChI is InChI=1S/C14H15F2NO2/c1-7(2)13-9(6-12(18)17-14(13)19)8-3-4-10(15)11(16)5-8/h3-5,7,9,13H,6H2,1-2H3,(H,17,18,19). The van der Waals surface area contributed by atoms with Crippen LogP contribution in [0.3, 0.4) is 0 Å². The van der Waals surface area contributed by atoms with Crippen molar-refractivity contribution in [2.75, 3.05) is 0 Å². The number of carbonyl (C=O) groups excluding carboxylic acids is 2. The van der Waals surface area contributed by atoms with Crippen LogP contribution in [0, 0.1) is 23.5 Å². The Morgan fingerprint density at radius 2 is 1.89 bits per heavy atom. The van der Waals surface area contributed by atoms with Gasteiger partial charge in [-0.2, -0.15) is 0 Å². The van der Waals surface area contributed by atoms with Crippen molar-refractivity contribution in [3.8, 4) is 0 Å². The fourth-order valence-corrected chi connectivity index (χ4v) is 2.62. The molecule has 0 bridgehead atoms. The van der Waals surface area contributed by atoms with E-state index in [0.29, 0.717) is 5.56 Å². The maximum Gasteiger partial charge on any atom is 0.230 e. The lowest BCUT2D eigenvalue weighted by molar-refractivity contribution is -0.138. The molecule has 1 aromatic carbocycles. The van der Waals surface area contributed by atoms with Gasteiger partial charge < -0.3 is 0 Å². The number of hydrogen-bond acceptors (Lipinski definition) is 2. The van der Waals surface area contributed by atoms with E-state index in [4.69, 9.17) is 0 Å². The first kappa shape index (κ1) is 13.6. The molecule has 2 amide bonds. The van der Waals surface area contributed by atoms with Gasteiger partial charge in [0, 0.05) is 18.3 Å². The molecular weight excluding hydrogens is 252 g/mol. The van der Waals surface area contributed by atoms with Crippen LogP contribution in [-0.4, -0.2) is 11.8 Å². The van der Waals surface area contributed by atoms with E-state index in [0.717, 1.165) is 12.1 Å². The number of hydrogen-bond donors (Lipinski definition) is 1. The topological polar surface area (TPSA) is 46.2 Å². The monoisotopic (exact) mass is 267 g/mol. The van der Waals surface area contributed by atoms with E-state index in [1.165, 1.54) is 6.07 Å². The number of imide groups is 1. The lowest BCUT2D eigenvalue weighted by Crippen LogP contribution is -2.46. The Labute approximate surface area is 110 Å². The van der Waals surface area contributed by atoms with E-state index in [2.05, 4.69) is 5.32 Å². The van der Waals surface area contributed by atoms with Gasteiger partial charge in [0.2, 0.25) is 11.8 Å². The number of piperidine rings is 1. The molecule has 2 rings (SSSR count). The van der Waals surface area contributed by atoms with Crippen molar-refractivity contribution < 1.29 is 18.4 Å². The Bertz CT molecular complexity index is 528. The van der Waals surface area contributed by atoms with Gasteiger partial charge in [-0.05, 0) is 23.6 Å². The van der Waals surface area contributed by atoms with Crippen molar-refractivity contribution in [2.24, 2.45) is 11.8 Å². The highest BCUT2D eigenvalue weighted by Gasteiger charge is 2.38. The van der Waals surface area contributed by atoms with Crippen molar-refractivity contribution in [1.29, 1.82) is 0 Å². The van der Waals surface area contributed by atoms with Gasteiger partial charge in [-0.15, -0.1) is 0 Å². The molecule has 0 saturated carbocycles. The minimum atomic E-state index is -0.960. The van der Waals surface area contributed by atoms with Gasteiger partial charge in [-0.1, -0.05) is 19.9 Å². The lowest BCUT2D eigenvalue weighted by Gasteiger charge is -2.33. The molecule has 1 N–H and O–H groups in total. The van der Waals surface area contributed by atoms with Gasteiger partial charge in [0.25, 0.3) is 0 Å². The molecule has 0 aromatic heterocycles. The Kier molecular flexibility index (Phi) is 3.64. The van der Waals surface area contributed by atoms with Crippen LogP contribution in [0.2, 0.25) is 0 Å². The third kappa shape index (κ3) is 2.64. The number of amides is 2. The van der Waals surface area contributed by atoms with Crippen LogP contribution in [0.1, 0.15) is 31.7 Å². The Morgan fingerprint density at radius 3 is 2.47 bits per heavy atom. The third-order valence-corrected chi connectivity index (χ3v) is 3.49. The summed E-state index contributed by atoms with van der Waals surface area (Å²) in [7, 11) is 0. The molecule has 1 saturated heterocycles. The average molecular weight is 267 g/mol. The normalized spacial score (nSPS) is 23.6. The van der Waals surface area contributed by atoms with Crippen LogP contribution < -0.4 is 5.32 Å². The van der Waals surface area contributed by atoms with Crippen LogP contribution >= 0.6 is 0 Å². The fourth-order valence-electron chi connectivity index (χ4n) is 2.62. The second kappa shape index (κ2) is 5.07. The summed E-state index contributed by atoms with van der Waals surface area (Å²) in [6, 6.07) is 3.53. The van der Waals surface area contributed by atoms with E-state index in [9.17, 15) is 18.4 Å². The molecule has 1 aromatic rings. The summed E-state index contributed by atoms with van der Waals surface area (Å²) in [5.41, 5.74) is 0.487. The van der Waals surface area contributed by atoms with Gasteiger partial charge in [-0.25, -0.2) is 8.78 Å². The molecule has 102 valence electrons. The van der Waals surface area contributed by atoms with Crippen LogP contribution in [0.15, 0.2) is 18.2 Å². The summed E-state index contributed by atoms with van der Waals surface area (Å²) in [5.74, 6) is -3.43. The van der Waals surface area contributed by atoms with Crippen LogP contribution in [0.4, 0.5) is 8.78 Å². The molecule has 0 aliphatic carbocycles. The maximum absolute atomic E-state index is 13.3. The van der Waals surface area contributed by atoms with Crippen LogP contribution in [0.5, 0.6) is 0 Å². The second-order valence-electron chi connectivity index (χ2n) is 5.17. The molecule has 1 aliphatic rings. The number of rotatable bonds is 2. The molecular formula is C14H15F2NO2. The average Bonchev–Trinajstić information content (AvgIpc) is 2.31. The summed E-state index contributed by atoms with van der Waals surface area (Å²) >= 11 is 0. The summed E-state index contributed by atoms with van der Waals surface area (Å²) in [6.45, 7) is 3.74. The first-order chi connectivity index (χ1) is 8.90. The van der Waals surface area contributed by atoms with Crippen molar-refractivity contribution in [2.45, 2.75) is 26.2 Å². The van der Waals surface area contributed by atoms with E-state index in [-0.39, 0.29) is 24.2 Å². The van der Waals surface area contributed by atoms with Crippen LogP contribution in [-0.2, 0) is 9.59 Å². The molecule has 2 atom stereocenters. The molecule has 1 aliphatic heterocycles. The highest BCUT2D eigenvalue weighted by molar-refractivity contribution is 6.00. The highest BCUT2D eigenvalue weighted by atomic mass is 19.2. The minimum Gasteiger partial charge on any atom is -0.296 e. The van der Waals surface area contributed by atoms with Crippen LogP contribution in [0.25, 0.3) is 0 Å². The fraction of sp³-hybridized carbons (Fsp3) is 0.429. The highest BCUT2D eigenvalue weighted by Crippen LogP contribution is 2.36. The van der Waals surface area contributed by atoms with Gasteiger partial charge in [0.1, 0.15) is 0 Å². The second-order valence-corrected chi connectivity index (χ2v) is 5.17. The molecule has 1 fully saturated rings. The minimum absolute atomic E-state index is 0.00575. The molecule has 0 radical (unpaired) electrons. The molecule has 3 nitrogen and oxygen atoms in total. The van der Waals surface area contributed by atoms with Crippen molar-refractivity contribution in [3.05, 3.63) is 35.4 Å². The Balaban J connectivity index is 2.40. The smallest absolute Gasteiger partial charge is 0.230 e. The Morgan fingerprint density at radius 1 is 1.21 bits per heavy atom. The quantitative estimate of drug-likeness (QED) is 0.836. The molecule has 19 heavy (non-hydrogen) atoms. The van der Waals surface area contributed by atoms with Crippen molar-refractivity contribution in [3.63, 3.8) is 0 Å². The largest absolute Gasteiger partial charge is 0.296 e. The number of halogens is 2. The van der Waals surface area contributed by atoms with Gasteiger partial charge in [0.15, 0.2) is 11.6 Å². The Hall–Kier alpha value is -1.78. The van der Waals surface area contributed by atoms with Gasteiger partial charge in [-0.3, -0.25) is 14.9 Å². The first-order valence-electron chi connectivity index (χ1n) is 6.18. The zero-order valence-electron chi connectivity index (χ0n) is 10.7. The van der Waals surface area contributed by atoms with Crippen molar-refractivity contribution in [1.82, 2.24) is 5.32 Å². The summed E-state index contributed by atoms with van der Waals surface area (Å²) in [6.07, 6.45) is 0.111. The summed E-state index contributed by atoms with van der Waals surface area (Å²) < 4.78 is 26.2. The van der Waals surface area contributed by atoms with E-state index < -0.39 is 23.5 Å². The van der Waals surface area contributed by atoms with E-state index in [1.54, 1.807) is 0 Å². The number of benzene rings is 1. The van der Waals surface area contributed by atoms with E-state index >= 15 is 0 Å². The molecule has 5 heteroatoms. The predicted molar refractivity (Wildman–Crippen MR) is 65.2 cm³/mol. The molecule has 2 unspecified atom stereocenters. The van der Waals surface area contributed by atoms with Gasteiger partial charge in [0.05, 0.1) is 0 Å². The molecule has 0 spiro atoms. The third-order valence-electron chi connectivity index (χ3n) is 3.49. The summed E-state index contributed by atoms with van der Waals surface area (Å²) in [5, 5.41) is 2.29. The zero-order chi connectivity index (χ0) is 14.2. The first-order valence-corrected chi connectivity index (χ1v) is 6.18. The maximum atomic E-state index is 13.3. The summed E-state index contributed by atoms with van der Waals surface area (Å²) in [4.78, 5) is 23.4. The zero-order valence-corrected chi connectivity index (χ0v) is 10.7. The predicted octanol–water partition coefficient (Wildman–Crippen LogP) is 2.37. The SMILES string of the molecule is CC(C)C1C(=O)NC(=O)CC1c1ccc(F)c(F)c1. The molecule has 1 heterocycles. The number of carbonyl (C=O) groups is 2. The van der Waals surface area contributed by atoms with E-state index in [1.807, 2.05) is 13.8 Å². The lowest BCUT2D eigenvalue weighted by atomic mass is 9.75. The van der Waals surface area contributed by atoms with Gasteiger partial charge >= 0.3 is 0 Å². The van der Waals surface area contributed by atoms with Crippen molar-refractivity contribution >= 4 is 11.8 Å².